The van der Waals surface area contributed by atoms with Crippen LogP contribution >= 0.6 is 16.1 Å². The summed E-state index contributed by atoms with van der Waals surface area (Å²) in [6, 6.07) is 54.0. The number of carbonyl (C=O) groups excluding carboxylic acids is 2. The Balaban J connectivity index is 0.000000238. The van der Waals surface area contributed by atoms with Gasteiger partial charge in [-0.25, -0.2) is 13.0 Å². The molecule has 6 aromatic rings. The van der Waals surface area contributed by atoms with E-state index in [4.69, 9.17) is 37.1 Å². The molecule has 0 aliphatic carbocycles. The number of aliphatic imine (C=N–C) groups is 1. The first-order chi connectivity index (χ1) is 37.7. The van der Waals surface area contributed by atoms with Gasteiger partial charge < -0.3 is 18.7 Å². The zero-order chi connectivity index (χ0) is 57.4. The summed E-state index contributed by atoms with van der Waals surface area (Å²) < 4.78 is 72.0. The molecule has 2 unspecified atom stereocenters. The van der Waals surface area contributed by atoms with Gasteiger partial charge in [-0.05, 0) is 107 Å². The van der Waals surface area contributed by atoms with Crippen molar-refractivity contribution in [2.75, 3.05) is 13.3 Å². The van der Waals surface area contributed by atoms with Crippen molar-refractivity contribution < 1.29 is 54.5 Å². The number of allylic oxidation sites excluding steroid dienone is 2. The molecule has 18 heteroatoms. The molecule has 6 atom stereocenters. The summed E-state index contributed by atoms with van der Waals surface area (Å²) in [5, 5.41) is 9.21. The second-order valence-corrected chi connectivity index (χ2v) is 23.1. The summed E-state index contributed by atoms with van der Waals surface area (Å²) in [5.41, 5.74) is 5.85. The third-order valence-corrected chi connectivity index (χ3v) is 14.3. The molecule has 0 spiro atoms. The minimum absolute atomic E-state index is 0.0494. The Kier molecular flexibility index (Phi) is 25.8. The smallest absolute Gasteiger partial charge is 0.485 e. The monoisotopic (exact) mass is 1130 g/mol. The highest BCUT2D eigenvalue weighted by molar-refractivity contribution is 7.86. The number of hydrogen-bond acceptors (Lipinski definition) is 9. The molecule has 410 valence electrons. The van der Waals surface area contributed by atoms with Crippen LogP contribution in [0.25, 0.3) is 22.3 Å². The Bertz CT molecular complexity index is 3050. The largest absolute Gasteiger partial charge is 0.741 e. The molecule has 0 fully saturated rings. The summed E-state index contributed by atoms with van der Waals surface area (Å²) in [4.78, 5) is 29.4. The highest BCUT2D eigenvalue weighted by atomic mass is 32.2. The minimum Gasteiger partial charge on any atom is -0.741 e. The first-order valence-electron chi connectivity index (χ1n) is 25.6. The fraction of sp³-hybridized carbons (Fsp3) is 0.279. The lowest BCUT2D eigenvalue weighted by Crippen LogP contribution is -2.26. The zero-order valence-corrected chi connectivity index (χ0v) is 47.3. The average Bonchev–Trinajstić information content (AvgIpc) is 4.20. The van der Waals surface area contributed by atoms with Crippen molar-refractivity contribution in [1.29, 1.82) is 0 Å². The maximum absolute atomic E-state index is 12.9. The Morgan fingerprint density at radius 2 is 0.975 bits per heavy atom. The van der Waals surface area contributed by atoms with Gasteiger partial charge in [0, 0.05) is 46.9 Å². The predicted molar refractivity (Wildman–Crippen MR) is 314 cm³/mol. The van der Waals surface area contributed by atoms with Gasteiger partial charge in [0.15, 0.2) is 38.0 Å². The van der Waals surface area contributed by atoms with Crippen LogP contribution in [0, 0.1) is 23.7 Å². The molecule has 0 amide bonds. The van der Waals surface area contributed by atoms with Gasteiger partial charge in [0.05, 0.1) is 18.4 Å². The van der Waals surface area contributed by atoms with Gasteiger partial charge in [-0.2, -0.15) is 13.2 Å². The van der Waals surface area contributed by atoms with Gasteiger partial charge in [0.1, 0.15) is 6.21 Å². The Morgan fingerprint density at radius 3 is 1.27 bits per heavy atom. The van der Waals surface area contributed by atoms with Crippen molar-refractivity contribution in [2.24, 2.45) is 28.7 Å². The number of rotatable bonds is 19. The molecule has 2 aliphatic heterocycles. The number of halogens is 3. The van der Waals surface area contributed by atoms with E-state index in [1.165, 1.54) is 27.8 Å². The van der Waals surface area contributed by atoms with Gasteiger partial charge in [0.2, 0.25) is 0 Å². The number of hydrogen-bond donors (Lipinski definition) is 1. The summed E-state index contributed by atoms with van der Waals surface area (Å²) in [7, 11) is 3.04. The van der Waals surface area contributed by atoms with Crippen LogP contribution in [0.15, 0.2) is 187 Å². The van der Waals surface area contributed by atoms with Crippen LogP contribution in [-0.2, 0) is 67.6 Å². The summed E-state index contributed by atoms with van der Waals surface area (Å²) in [5.74, 6) is -0.664. The van der Waals surface area contributed by atoms with E-state index in [2.05, 4.69) is 127 Å². The molecular formula is C61H65B2F3N2O8P2S. The average molecular weight is 1130 g/mol. The fourth-order valence-electron chi connectivity index (χ4n) is 8.57. The van der Waals surface area contributed by atoms with Crippen LogP contribution in [0.3, 0.4) is 0 Å². The predicted octanol–water partition coefficient (Wildman–Crippen LogP) is 13.1. The van der Waals surface area contributed by atoms with Crippen LogP contribution in [0.4, 0.5) is 13.2 Å². The van der Waals surface area contributed by atoms with E-state index >= 15 is 0 Å². The quantitative estimate of drug-likeness (QED) is 0.0277. The molecule has 8 rings (SSSR count). The van der Waals surface area contributed by atoms with E-state index in [0.29, 0.717) is 12.8 Å². The first-order valence-corrected chi connectivity index (χ1v) is 30.5. The normalized spacial score (nSPS) is 14.8. The van der Waals surface area contributed by atoms with E-state index in [-0.39, 0.29) is 42.2 Å². The van der Waals surface area contributed by atoms with Crippen molar-refractivity contribution in [3.05, 3.63) is 216 Å². The van der Waals surface area contributed by atoms with Crippen molar-refractivity contribution in [3.63, 3.8) is 0 Å². The van der Waals surface area contributed by atoms with Crippen molar-refractivity contribution in [2.45, 2.75) is 71.0 Å². The van der Waals surface area contributed by atoms with Crippen LogP contribution < -0.4 is 0 Å². The van der Waals surface area contributed by atoms with Gasteiger partial charge in [-0.1, -0.05) is 178 Å². The number of benzene rings is 6. The number of carbonyl (C=O) groups is 2. The van der Waals surface area contributed by atoms with Gasteiger partial charge in [-0.3, -0.25) is 14.6 Å². The van der Waals surface area contributed by atoms with Crippen LogP contribution in [0.2, 0.25) is 0 Å². The fourth-order valence-corrected chi connectivity index (χ4v) is 9.41. The second-order valence-electron chi connectivity index (χ2n) is 19.1. The maximum Gasteiger partial charge on any atom is 0.485 e. The molecular weight excluding hydrogens is 1060 g/mol. The highest BCUT2D eigenvalue weighted by Crippen LogP contribution is 2.33. The Labute approximate surface area is 468 Å². The number of aliphatic hydroxyl groups is 1. The van der Waals surface area contributed by atoms with E-state index in [1.54, 1.807) is 19.5 Å². The molecule has 10 nitrogen and oxygen atoms in total. The first kappa shape index (κ1) is 63.6. The van der Waals surface area contributed by atoms with Crippen LogP contribution in [0.5, 0.6) is 0 Å². The third-order valence-electron chi connectivity index (χ3n) is 12.8. The maximum atomic E-state index is 12.9. The molecule has 2 aliphatic rings. The zero-order valence-electron chi connectivity index (χ0n) is 44.7. The van der Waals surface area contributed by atoms with Crippen LogP contribution in [-0.4, -0.2) is 81.0 Å². The lowest BCUT2D eigenvalue weighted by molar-refractivity contribution is -0.466. The number of alkyl halides is 3. The lowest BCUT2D eigenvalue weighted by Gasteiger charge is -2.24. The molecule has 0 saturated heterocycles. The topological polar surface area (TPSA) is 145 Å². The van der Waals surface area contributed by atoms with E-state index in [9.17, 15) is 27.9 Å². The van der Waals surface area contributed by atoms with E-state index in [0.717, 1.165) is 60.0 Å². The SMILES string of the molecule is C1=CN=CC1.O=S(=O)([O-])C(F)(F)F.[B]P(C)OC(=O)[C@@H](Cc1ccccc1)[C@@H](C)Cc1ccc(-c2ccc(CO)cc2)cc1.[B]P(C)OC(=O)[C@@H](Cc1ccccc1)[C@@H](C)Cc1ccc(-c2ccc(C[N+]3=CCC=C3)cc2)cc1. The molecule has 0 aromatic heterocycles. The standard InChI is InChI=1S/C30H32BNO2P.C26H28BO3P.C4H5N.CHF3O3S/c1-23(29(30(33)34-35(2)31)21-24-8-4-3-5-9-24)20-25-10-14-27(15-11-25)28-16-12-26(13-17-28)22-32-18-6-7-19-32;1-19(25(26(29)30-31(2)27)17-20-6-4-3-5-7-20)16-21-8-12-23(13-9-21)24-14-10-22(18-28)11-15-24;1-2-4-5-3-1;2-1(3,4)8(5,6)7/h3-6,8-19,23,29H,7,20-22H2,1-2H3;3-15,19,25,28H,16-18H2,1-2H3;1,3-4H,2H2;(H,5,6,7)/q+1;;;/p-1/t23-,29-,35?;19-,25-,31?;;/m00../s1. The molecule has 1 N–H and O–H groups in total. The molecule has 79 heavy (non-hydrogen) atoms. The van der Waals surface area contributed by atoms with Crippen molar-refractivity contribution in [3.8, 4) is 22.3 Å². The molecule has 0 bridgehead atoms. The van der Waals surface area contributed by atoms with E-state index in [1.807, 2.05) is 85.1 Å². The van der Waals surface area contributed by atoms with Gasteiger partial charge in [-0.15, -0.1) is 0 Å². The van der Waals surface area contributed by atoms with Crippen molar-refractivity contribution >= 4 is 65.7 Å². The summed E-state index contributed by atoms with van der Waals surface area (Å²) >= 11 is 0. The van der Waals surface area contributed by atoms with Crippen LogP contribution in [0.1, 0.15) is 60.1 Å². The van der Waals surface area contributed by atoms with Crippen molar-refractivity contribution in [1.82, 2.24) is 0 Å². The Hall–Kier alpha value is -6.27. The molecule has 4 radical (unpaired) electrons. The number of aliphatic hydroxyl groups excluding tert-OH is 1. The van der Waals surface area contributed by atoms with Gasteiger partial charge >= 0.3 is 17.4 Å². The Morgan fingerprint density at radius 1 is 0.608 bits per heavy atom. The third kappa shape index (κ3) is 22.4. The summed E-state index contributed by atoms with van der Waals surface area (Å²) in [6.07, 6.45) is 17.1. The minimum atomic E-state index is -6.09. The molecule has 0 saturated carbocycles. The van der Waals surface area contributed by atoms with Gasteiger partial charge in [0.25, 0.3) is 0 Å². The molecule has 6 aromatic carbocycles. The van der Waals surface area contributed by atoms with E-state index < -0.39 is 31.7 Å². The second kappa shape index (κ2) is 32.1. The summed E-state index contributed by atoms with van der Waals surface area (Å²) in [6.45, 7) is 8.68. The highest BCUT2D eigenvalue weighted by Gasteiger charge is 2.37. The molecule has 2 heterocycles. The number of nitrogens with zero attached hydrogens (tertiary/aromatic N) is 2. The lowest BCUT2D eigenvalue weighted by atomic mass is 9.84.